The predicted molar refractivity (Wildman–Crippen MR) is 72.0 cm³/mol. The molecule has 0 aliphatic carbocycles. The Hall–Kier alpha value is -1.12. The summed E-state index contributed by atoms with van der Waals surface area (Å²) < 4.78 is 27.2. The first kappa shape index (κ1) is 14.9. The average Bonchev–Trinajstić information content (AvgIpc) is 2.35. The first-order valence-corrected chi connectivity index (χ1v) is 7.43. The Bertz CT molecular complexity index is 528. The SMILES string of the molecule is CCC(NS(=O)(=O)c1ccc(Br)cc1)/C(N)=N/O. The number of nitrogens with two attached hydrogens (primary N) is 1. The van der Waals surface area contributed by atoms with Crippen molar-refractivity contribution in [2.24, 2.45) is 10.9 Å². The lowest BCUT2D eigenvalue weighted by Gasteiger charge is -2.15. The normalized spacial score (nSPS) is 14.4. The van der Waals surface area contributed by atoms with E-state index >= 15 is 0 Å². The minimum Gasteiger partial charge on any atom is -0.409 e. The van der Waals surface area contributed by atoms with Crippen molar-refractivity contribution in [1.29, 1.82) is 0 Å². The lowest BCUT2D eigenvalue weighted by atomic mass is 10.2. The highest BCUT2D eigenvalue weighted by atomic mass is 79.9. The molecule has 0 spiro atoms. The molecular weight excluding hydrogens is 322 g/mol. The van der Waals surface area contributed by atoms with Gasteiger partial charge in [-0.05, 0) is 30.7 Å². The number of nitrogens with zero attached hydrogens (tertiary/aromatic N) is 1. The highest BCUT2D eigenvalue weighted by Crippen LogP contribution is 2.15. The van der Waals surface area contributed by atoms with Crippen LogP contribution in [0.15, 0.2) is 38.8 Å². The molecule has 4 N–H and O–H groups in total. The number of nitrogens with one attached hydrogen (secondary N) is 1. The molecule has 0 amide bonds. The molecule has 0 saturated heterocycles. The fourth-order valence-corrected chi connectivity index (χ4v) is 2.85. The number of oxime groups is 1. The standard InChI is InChI=1S/C10H14BrN3O3S/c1-2-9(10(12)13-15)14-18(16,17)8-5-3-7(11)4-6-8/h3-6,9,14-15H,2H2,1H3,(H2,12,13). The quantitative estimate of drug-likeness (QED) is 0.326. The first-order valence-electron chi connectivity index (χ1n) is 5.16. The van der Waals surface area contributed by atoms with E-state index < -0.39 is 16.1 Å². The van der Waals surface area contributed by atoms with Gasteiger partial charge in [-0.2, -0.15) is 0 Å². The molecular formula is C10H14BrN3O3S. The Morgan fingerprint density at radius 2 is 2.06 bits per heavy atom. The fourth-order valence-electron chi connectivity index (χ4n) is 1.29. The van der Waals surface area contributed by atoms with Crippen molar-refractivity contribution in [3.05, 3.63) is 28.7 Å². The third-order valence-corrected chi connectivity index (χ3v) is 4.32. The smallest absolute Gasteiger partial charge is 0.241 e. The second-order valence-corrected chi connectivity index (χ2v) is 6.19. The van der Waals surface area contributed by atoms with Gasteiger partial charge in [0.1, 0.15) is 0 Å². The Morgan fingerprint density at radius 1 is 1.50 bits per heavy atom. The number of hydrogen-bond donors (Lipinski definition) is 3. The first-order chi connectivity index (χ1) is 8.40. The number of amidine groups is 1. The van der Waals surface area contributed by atoms with Gasteiger partial charge in [-0.3, -0.25) is 0 Å². The van der Waals surface area contributed by atoms with Crippen LogP contribution in [0.5, 0.6) is 0 Å². The monoisotopic (exact) mass is 335 g/mol. The number of benzene rings is 1. The summed E-state index contributed by atoms with van der Waals surface area (Å²) in [4.78, 5) is 0.120. The van der Waals surface area contributed by atoms with Crippen LogP contribution in [0.1, 0.15) is 13.3 Å². The molecule has 6 nitrogen and oxygen atoms in total. The van der Waals surface area contributed by atoms with E-state index in [1.807, 2.05) is 0 Å². The maximum Gasteiger partial charge on any atom is 0.241 e. The molecule has 100 valence electrons. The van der Waals surface area contributed by atoms with E-state index in [-0.39, 0.29) is 10.7 Å². The summed E-state index contributed by atoms with van der Waals surface area (Å²) >= 11 is 3.22. The molecule has 1 atom stereocenters. The summed E-state index contributed by atoms with van der Waals surface area (Å²) in [6.45, 7) is 1.73. The van der Waals surface area contributed by atoms with Crippen molar-refractivity contribution in [1.82, 2.24) is 4.72 Å². The molecule has 0 aromatic heterocycles. The zero-order chi connectivity index (χ0) is 13.8. The molecule has 0 fully saturated rings. The van der Waals surface area contributed by atoms with Gasteiger partial charge in [-0.25, -0.2) is 13.1 Å². The molecule has 0 aliphatic heterocycles. The molecule has 0 heterocycles. The van der Waals surface area contributed by atoms with E-state index in [0.717, 1.165) is 4.47 Å². The summed E-state index contributed by atoms with van der Waals surface area (Å²) in [7, 11) is -3.69. The average molecular weight is 336 g/mol. The zero-order valence-corrected chi connectivity index (χ0v) is 12.1. The number of sulfonamides is 1. The van der Waals surface area contributed by atoms with E-state index in [1.165, 1.54) is 12.1 Å². The summed E-state index contributed by atoms with van der Waals surface area (Å²) in [6, 6.07) is 5.44. The molecule has 0 radical (unpaired) electrons. The summed E-state index contributed by atoms with van der Waals surface area (Å²) in [5.74, 6) is -0.168. The Kier molecular flexibility index (Phi) is 5.12. The van der Waals surface area contributed by atoms with Crippen molar-refractivity contribution in [3.63, 3.8) is 0 Å². The molecule has 8 heteroatoms. The largest absolute Gasteiger partial charge is 0.409 e. The fraction of sp³-hybridized carbons (Fsp3) is 0.300. The molecule has 1 aromatic carbocycles. The van der Waals surface area contributed by atoms with Crippen molar-refractivity contribution in [3.8, 4) is 0 Å². The van der Waals surface area contributed by atoms with Gasteiger partial charge in [0.05, 0.1) is 10.9 Å². The Balaban J connectivity index is 2.97. The van der Waals surface area contributed by atoms with Crippen LogP contribution in [0.4, 0.5) is 0 Å². The van der Waals surface area contributed by atoms with Gasteiger partial charge in [-0.1, -0.05) is 28.0 Å². The number of rotatable bonds is 5. The molecule has 0 aliphatic rings. The van der Waals surface area contributed by atoms with Gasteiger partial charge in [-0.15, -0.1) is 0 Å². The zero-order valence-electron chi connectivity index (χ0n) is 9.67. The van der Waals surface area contributed by atoms with Crippen LogP contribution in [-0.4, -0.2) is 25.5 Å². The second kappa shape index (κ2) is 6.17. The minimum atomic E-state index is -3.69. The van der Waals surface area contributed by atoms with Crippen LogP contribution < -0.4 is 10.5 Å². The Morgan fingerprint density at radius 3 is 2.50 bits per heavy atom. The Labute approximate surface area is 114 Å². The van der Waals surface area contributed by atoms with Crippen LogP contribution in [0.3, 0.4) is 0 Å². The van der Waals surface area contributed by atoms with Crippen molar-refractivity contribution < 1.29 is 13.6 Å². The van der Waals surface area contributed by atoms with Crippen molar-refractivity contribution in [2.75, 3.05) is 0 Å². The minimum absolute atomic E-state index is 0.120. The van der Waals surface area contributed by atoms with Crippen LogP contribution in [0.2, 0.25) is 0 Å². The van der Waals surface area contributed by atoms with E-state index in [0.29, 0.717) is 6.42 Å². The maximum absolute atomic E-state index is 12.0. The summed E-state index contributed by atoms with van der Waals surface area (Å²) in [5.41, 5.74) is 5.40. The second-order valence-electron chi connectivity index (χ2n) is 3.56. The lowest BCUT2D eigenvalue weighted by molar-refractivity contribution is 0.315. The lowest BCUT2D eigenvalue weighted by Crippen LogP contribution is -2.44. The molecule has 0 saturated carbocycles. The van der Waals surface area contributed by atoms with Gasteiger partial charge in [0.25, 0.3) is 0 Å². The third kappa shape index (κ3) is 3.69. The molecule has 1 unspecified atom stereocenters. The highest BCUT2D eigenvalue weighted by Gasteiger charge is 2.21. The molecule has 0 bridgehead atoms. The summed E-state index contributed by atoms with van der Waals surface area (Å²) in [6.07, 6.45) is 0.381. The van der Waals surface area contributed by atoms with Crippen LogP contribution >= 0.6 is 15.9 Å². The van der Waals surface area contributed by atoms with Gasteiger partial charge < -0.3 is 10.9 Å². The van der Waals surface area contributed by atoms with Crippen LogP contribution in [0, 0.1) is 0 Å². The van der Waals surface area contributed by atoms with Gasteiger partial charge >= 0.3 is 0 Å². The number of hydrogen-bond acceptors (Lipinski definition) is 4. The van der Waals surface area contributed by atoms with E-state index in [9.17, 15) is 8.42 Å². The predicted octanol–water partition coefficient (Wildman–Crippen LogP) is 1.25. The van der Waals surface area contributed by atoms with E-state index in [4.69, 9.17) is 10.9 Å². The highest BCUT2D eigenvalue weighted by molar-refractivity contribution is 9.10. The van der Waals surface area contributed by atoms with Crippen LogP contribution in [-0.2, 0) is 10.0 Å². The van der Waals surface area contributed by atoms with E-state index in [1.54, 1.807) is 19.1 Å². The van der Waals surface area contributed by atoms with Crippen molar-refractivity contribution >= 4 is 31.8 Å². The molecule has 18 heavy (non-hydrogen) atoms. The topological polar surface area (TPSA) is 105 Å². The van der Waals surface area contributed by atoms with Gasteiger partial charge in [0, 0.05) is 4.47 Å². The van der Waals surface area contributed by atoms with Gasteiger partial charge in [0.15, 0.2) is 5.84 Å². The number of halogens is 1. The van der Waals surface area contributed by atoms with Gasteiger partial charge in [0.2, 0.25) is 10.0 Å². The van der Waals surface area contributed by atoms with Crippen molar-refractivity contribution in [2.45, 2.75) is 24.3 Å². The molecule has 1 rings (SSSR count). The van der Waals surface area contributed by atoms with E-state index in [2.05, 4.69) is 25.8 Å². The molecule has 1 aromatic rings. The van der Waals surface area contributed by atoms with Crippen LogP contribution in [0.25, 0.3) is 0 Å². The summed E-state index contributed by atoms with van der Waals surface area (Å²) in [5, 5.41) is 11.4. The maximum atomic E-state index is 12.0. The third-order valence-electron chi connectivity index (χ3n) is 2.30.